The summed E-state index contributed by atoms with van der Waals surface area (Å²) in [7, 11) is 0. The molecule has 1 aromatic heterocycles. The summed E-state index contributed by atoms with van der Waals surface area (Å²) in [5.41, 5.74) is 0.429. The topological polar surface area (TPSA) is 112 Å². The van der Waals surface area contributed by atoms with Crippen molar-refractivity contribution in [2.45, 2.75) is 6.92 Å². The van der Waals surface area contributed by atoms with Gasteiger partial charge in [0, 0.05) is 19.7 Å². The predicted molar refractivity (Wildman–Crippen MR) is 67.5 cm³/mol. The molecule has 0 aliphatic carbocycles. The fourth-order valence-electron chi connectivity index (χ4n) is 1.28. The standard InChI is InChI=1S/C12H15N3O4/c1-8(16)14-4-5-19-7-10(13)11-6-9(12(17)18)2-3-15-11/h2-3,6,13H,4-5,7H2,1H3,(H,14,16)(H,17,18). The molecule has 0 aliphatic rings. The number of amides is 1. The molecule has 102 valence electrons. The zero-order chi connectivity index (χ0) is 14.3. The van der Waals surface area contributed by atoms with Gasteiger partial charge in [0.15, 0.2) is 0 Å². The molecule has 0 aromatic carbocycles. The highest BCUT2D eigenvalue weighted by Gasteiger charge is 2.08. The fraction of sp³-hybridized carbons (Fsp3) is 0.333. The van der Waals surface area contributed by atoms with Gasteiger partial charge in [0.1, 0.15) is 0 Å². The maximum Gasteiger partial charge on any atom is 0.335 e. The van der Waals surface area contributed by atoms with Crippen LogP contribution in [0.4, 0.5) is 0 Å². The number of carboxylic acid groups (broad SMARTS) is 1. The number of hydrogen-bond acceptors (Lipinski definition) is 5. The molecule has 0 radical (unpaired) electrons. The lowest BCUT2D eigenvalue weighted by Gasteiger charge is -2.06. The van der Waals surface area contributed by atoms with Gasteiger partial charge in [0.2, 0.25) is 5.91 Å². The molecule has 0 saturated carbocycles. The zero-order valence-electron chi connectivity index (χ0n) is 10.5. The van der Waals surface area contributed by atoms with Crippen molar-refractivity contribution in [2.75, 3.05) is 19.8 Å². The van der Waals surface area contributed by atoms with Gasteiger partial charge in [-0.1, -0.05) is 0 Å². The molecule has 3 N–H and O–H groups in total. The summed E-state index contributed by atoms with van der Waals surface area (Å²) in [4.78, 5) is 25.3. The van der Waals surface area contributed by atoms with Crippen LogP contribution in [0.15, 0.2) is 18.3 Å². The van der Waals surface area contributed by atoms with E-state index < -0.39 is 5.97 Å². The van der Waals surface area contributed by atoms with Crippen LogP contribution in [0.1, 0.15) is 23.0 Å². The first kappa shape index (κ1) is 14.8. The Morgan fingerprint density at radius 1 is 1.53 bits per heavy atom. The molecule has 0 unspecified atom stereocenters. The highest BCUT2D eigenvalue weighted by Crippen LogP contribution is 2.03. The van der Waals surface area contributed by atoms with Crippen molar-refractivity contribution in [3.8, 4) is 0 Å². The van der Waals surface area contributed by atoms with E-state index in [0.29, 0.717) is 6.54 Å². The molecule has 1 heterocycles. The molecule has 1 aromatic rings. The van der Waals surface area contributed by atoms with E-state index >= 15 is 0 Å². The fourth-order valence-corrected chi connectivity index (χ4v) is 1.28. The average Bonchev–Trinajstić information content (AvgIpc) is 2.37. The lowest BCUT2D eigenvalue weighted by molar-refractivity contribution is -0.119. The Bertz CT molecular complexity index is 488. The van der Waals surface area contributed by atoms with Crippen LogP contribution in [0.2, 0.25) is 0 Å². The maximum atomic E-state index is 10.8. The third-order valence-electron chi connectivity index (χ3n) is 2.18. The second-order valence-electron chi connectivity index (χ2n) is 3.75. The number of nitrogens with one attached hydrogen (secondary N) is 2. The lowest BCUT2D eigenvalue weighted by atomic mass is 10.2. The highest BCUT2D eigenvalue weighted by molar-refractivity contribution is 5.99. The molecule has 0 aliphatic heterocycles. The first-order valence-corrected chi connectivity index (χ1v) is 5.60. The summed E-state index contributed by atoms with van der Waals surface area (Å²) in [5.74, 6) is -1.21. The van der Waals surface area contributed by atoms with Gasteiger partial charge >= 0.3 is 5.97 Å². The molecular weight excluding hydrogens is 250 g/mol. The third-order valence-corrected chi connectivity index (χ3v) is 2.18. The third kappa shape index (κ3) is 5.26. The Morgan fingerprint density at radius 2 is 2.26 bits per heavy atom. The van der Waals surface area contributed by atoms with Crippen LogP contribution in [-0.2, 0) is 9.53 Å². The Labute approximate surface area is 110 Å². The largest absolute Gasteiger partial charge is 0.478 e. The van der Waals surface area contributed by atoms with Gasteiger partial charge in [-0.25, -0.2) is 4.79 Å². The van der Waals surface area contributed by atoms with E-state index in [-0.39, 0.29) is 36.1 Å². The molecule has 0 saturated heterocycles. The number of pyridine rings is 1. The summed E-state index contributed by atoms with van der Waals surface area (Å²) in [5, 5.41) is 19.1. The maximum absolute atomic E-state index is 10.8. The van der Waals surface area contributed by atoms with E-state index in [4.69, 9.17) is 15.3 Å². The van der Waals surface area contributed by atoms with Crippen LogP contribution in [0.5, 0.6) is 0 Å². The lowest BCUT2D eigenvalue weighted by Crippen LogP contribution is -2.25. The number of nitrogens with zero attached hydrogens (tertiary/aromatic N) is 1. The van der Waals surface area contributed by atoms with Crippen LogP contribution < -0.4 is 5.32 Å². The zero-order valence-corrected chi connectivity index (χ0v) is 10.5. The second-order valence-corrected chi connectivity index (χ2v) is 3.75. The van der Waals surface area contributed by atoms with E-state index in [1.807, 2.05) is 0 Å². The summed E-state index contributed by atoms with van der Waals surface area (Å²) in [6.07, 6.45) is 1.34. The Morgan fingerprint density at radius 3 is 2.89 bits per heavy atom. The molecule has 0 fully saturated rings. The summed E-state index contributed by atoms with van der Waals surface area (Å²) < 4.78 is 5.17. The van der Waals surface area contributed by atoms with E-state index in [9.17, 15) is 9.59 Å². The van der Waals surface area contributed by atoms with Crippen molar-refractivity contribution in [1.29, 1.82) is 5.41 Å². The number of carbonyl (C=O) groups is 2. The van der Waals surface area contributed by atoms with Crippen LogP contribution in [0.25, 0.3) is 0 Å². The minimum atomic E-state index is -1.07. The summed E-state index contributed by atoms with van der Waals surface area (Å²) in [6.45, 7) is 2.06. The van der Waals surface area contributed by atoms with Crippen molar-refractivity contribution in [3.63, 3.8) is 0 Å². The molecule has 7 nitrogen and oxygen atoms in total. The monoisotopic (exact) mass is 265 g/mol. The normalized spacial score (nSPS) is 9.95. The van der Waals surface area contributed by atoms with E-state index in [1.54, 1.807) is 0 Å². The quantitative estimate of drug-likeness (QED) is 0.485. The molecule has 1 amide bonds. The molecule has 19 heavy (non-hydrogen) atoms. The highest BCUT2D eigenvalue weighted by atomic mass is 16.5. The average molecular weight is 265 g/mol. The minimum absolute atomic E-state index is 0.00958. The van der Waals surface area contributed by atoms with Gasteiger partial charge in [-0.2, -0.15) is 0 Å². The molecule has 0 spiro atoms. The van der Waals surface area contributed by atoms with Gasteiger partial charge in [-0.05, 0) is 12.1 Å². The number of aromatic carboxylic acids is 1. The van der Waals surface area contributed by atoms with Gasteiger partial charge in [0.05, 0.1) is 30.2 Å². The Kier molecular flexibility index (Phi) is 5.62. The van der Waals surface area contributed by atoms with E-state index in [0.717, 1.165) is 0 Å². The SMILES string of the molecule is CC(=O)NCCOCC(=N)c1cc(C(=O)O)ccn1. The van der Waals surface area contributed by atoms with Gasteiger partial charge in [0.25, 0.3) is 0 Å². The van der Waals surface area contributed by atoms with E-state index in [1.165, 1.54) is 25.3 Å². The van der Waals surface area contributed by atoms with Crippen molar-refractivity contribution in [3.05, 3.63) is 29.6 Å². The number of aromatic nitrogens is 1. The number of carboxylic acids is 1. The van der Waals surface area contributed by atoms with Crippen molar-refractivity contribution >= 4 is 17.6 Å². The molecule has 0 atom stereocenters. The van der Waals surface area contributed by atoms with Gasteiger partial charge in [-0.15, -0.1) is 0 Å². The van der Waals surface area contributed by atoms with Crippen molar-refractivity contribution < 1.29 is 19.4 Å². The molecule has 0 bridgehead atoms. The summed E-state index contributed by atoms with van der Waals surface area (Å²) in [6, 6.07) is 2.68. The smallest absolute Gasteiger partial charge is 0.335 e. The Balaban J connectivity index is 2.43. The molecular formula is C12H15N3O4. The van der Waals surface area contributed by atoms with Crippen LogP contribution in [-0.4, -0.2) is 47.4 Å². The number of ether oxygens (including phenoxy) is 1. The molecule has 7 heteroatoms. The van der Waals surface area contributed by atoms with Gasteiger partial charge in [-0.3, -0.25) is 9.78 Å². The molecule has 1 rings (SSSR count). The van der Waals surface area contributed by atoms with Crippen molar-refractivity contribution in [1.82, 2.24) is 10.3 Å². The van der Waals surface area contributed by atoms with Crippen LogP contribution in [0.3, 0.4) is 0 Å². The second kappa shape index (κ2) is 7.22. The predicted octanol–water partition coefficient (Wildman–Crippen LogP) is 0.300. The van der Waals surface area contributed by atoms with Crippen LogP contribution in [0, 0.1) is 5.41 Å². The first-order chi connectivity index (χ1) is 9.00. The number of hydrogen-bond donors (Lipinski definition) is 3. The minimum Gasteiger partial charge on any atom is -0.478 e. The number of rotatable bonds is 7. The number of carbonyl (C=O) groups excluding carboxylic acids is 1. The van der Waals surface area contributed by atoms with Crippen molar-refractivity contribution in [2.24, 2.45) is 0 Å². The summed E-state index contributed by atoms with van der Waals surface area (Å²) >= 11 is 0. The van der Waals surface area contributed by atoms with Gasteiger partial charge < -0.3 is 20.6 Å². The van der Waals surface area contributed by atoms with E-state index in [2.05, 4.69) is 10.3 Å². The van der Waals surface area contributed by atoms with Crippen LogP contribution >= 0.6 is 0 Å². The first-order valence-electron chi connectivity index (χ1n) is 5.60. The Hall–Kier alpha value is -2.28.